The number of carbonyl (C=O) groups excluding carboxylic acids is 1. The summed E-state index contributed by atoms with van der Waals surface area (Å²) in [5, 5.41) is 23.2. The molecule has 1 unspecified atom stereocenters. The molecule has 2 heterocycles. The maximum Gasteiger partial charge on any atom is 0.164 e. The number of hydrogen-bond donors (Lipinski definition) is 3. The smallest absolute Gasteiger partial charge is 0.164 e. The van der Waals surface area contributed by atoms with Crippen molar-refractivity contribution < 1.29 is 14.7 Å². The minimum Gasteiger partial charge on any atom is -0.388 e. The van der Waals surface area contributed by atoms with Gasteiger partial charge in [0.2, 0.25) is 0 Å². The van der Waals surface area contributed by atoms with Crippen molar-refractivity contribution >= 4 is 36.2 Å². The van der Waals surface area contributed by atoms with Crippen molar-refractivity contribution in [3.63, 3.8) is 0 Å². The van der Waals surface area contributed by atoms with E-state index in [4.69, 9.17) is 4.84 Å². The molecule has 2 N–H and O–H groups in total. The first-order valence-corrected chi connectivity index (χ1v) is 11.5. The number of amidine groups is 1. The first-order valence-electron chi connectivity index (χ1n) is 10.6. The zero-order valence-corrected chi connectivity index (χ0v) is 21.8. The van der Waals surface area contributed by atoms with Crippen LogP contribution in [0.1, 0.15) is 41.0 Å². The van der Waals surface area contributed by atoms with E-state index in [2.05, 4.69) is 46.4 Å². The molecule has 0 radical (unpaired) electrons. The quantitative estimate of drug-likeness (QED) is 0.309. The van der Waals surface area contributed by atoms with Crippen LogP contribution in [0.5, 0.6) is 0 Å². The monoisotopic (exact) mass is 477 g/mol. The summed E-state index contributed by atoms with van der Waals surface area (Å²) in [6.07, 6.45) is 9.92. The highest BCUT2D eigenvalue weighted by Crippen LogP contribution is 2.19. The van der Waals surface area contributed by atoms with E-state index in [1.807, 2.05) is 33.9 Å². The summed E-state index contributed by atoms with van der Waals surface area (Å²) in [6.45, 7) is 17.2. The lowest BCUT2D eigenvalue weighted by atomic mass is 10.00. The van der Waals surface area contributed by atoms with Gasteiger partial charge in [-0.2, -0.15) is 17.7 Å². The number of nitrogens with one attached hydrogen (secondary N) is 1. The molecule has 8 nitrogen and oxygen atoms in total. The Morgan fingerprint density at radius 2 is 2.09 bits per heavy atom. The first kappa shape index (κ1) is 30.5. The molecule has 0 aromatic rings. The maximum absolute atomic E-state index is 11.0. The van der Waals surface area contributed by atoms with Gasteiger partial charge < -0.3 is 15.3 Å². The van der Waals surface area contributed by atoms with Crippen molar-refractivity contribution in [1.82, 2.24) is 10.3 Å². The third-order valence-corrected chi connectivity index (χ3v) is 4.69. The lowest BCUT2D eigenvalue weighted by molar-refractivity contribution is -0.104. The molecule has 184 valence electrons. The average Bonchev–Trinajstić information content (AvgIpc) is 2.88. The molecular formula is C24H39N5O3S. The van der Waals surface area contributed by atoms with Crippen LogP contribution in [0.4, 0.5) is 0 Å². The van der Waals surface area contributed by atoms with Crippen molar-refractivity contribution in [2.75, 3.05) is 19.9 Å². The van der Waals surface area contributed by atoms with Gasteiger partial charge in [-0.1, -0.05) is 30.5 Å². The molecule has 2 atom stereocenters. The number of hydrazone groups is 1. The number of aldehydes is 1. The number of nitrogens with zero attached hydrogens (tertiary/aromatic N) is 4. The van der Waals surface area contributed by atoms with E-state index in [0.717, 1.165) is 12.0 Å². The molecule has 0 saturated heterocycles. The van der Waals surface area contributed by atoms with E-state index in [0.29, 0.717) is 35.8 Å². The van der Waals surface area contributed by atoms with Crippen molar-refractivity contribution in [3.05, 3.63) is 48.7 Å². The van der Waals surface area contributed by atoms with E-state index in [9.17, 15) is 9.90 Å². The second-order valence-electron chi connectivity index (χ2n) is 7.80. The van der Waals surface area contributed by atoms with Gasteiger partial charge in [-0.05, 0) is 60.1 Å². The molecule has 2 aliphatic heterocycles. The molecule has 0 fully saturated rings. The third-order valence-electron chi connectivity index (χ3n) is 4.69. The molecule has 0 aromatic heterocycles. The molecular weight excluding hydrogens is 438 g/mol. The van der Waals surface area contributed by atoms with Crippen LogP contribution in [-0.2, 0) is 9.63 Å². The van der Waals surface area contributed by atoms with Crippen molar-refractivity contribution in [3.8, 4) is 0 Å². The largest absolute Gasteiger partial charge is 0.388 e. The summed E-state index contributed by atoms with van der Waals surface area (Å²) in [5.74, 6) is 0.688. The van der Waals surface area contributed by atoms with Crippen LogP contribution in [-0.4, -0.2) is 71.3 Å². The maximum atomic E-state index is 11.0. The normalized spacial score (nSPS) is 23.2. The van der Waals surface area contributed by atoms with Gasteiger partial charge >= 0.3 is 0 Å². The predicted molar refractivity (Wildman–Crippen MR) is 142 cm³/mol. The van der Waals surface area contributed by atoms with Gasteiger partial charge in [-0.3, -0.25) is 9.80 Å². The molecule has 0 aromatic carbocycles. The fraction of sp³-hybridized carbons (Fsp3) is 0.500. The van der Waals surface area contributed by atoms with E-state index >= 15 is 0 Å². The number of aliphatic imine (C=N–C) groups is 1. The number of hydrogen-bond acceptors (Lipinski definition) is 9. The van der Waals surface area contributed by atoms with Gasteiger partial charge in [0, 0.05) is 18.0 Å². The molecule has 2 rings (SSSR count). The van der Waals surface area contributed by atoms with Gasteiger partial charge in [-0.25, -0.2) is 4.99 Å². The SMILES string of the molecule is C=CC(=C)N1/N=C(/C(C)(C)O)C/C=C\C(C=O)=C/C1C.CN[C@H](C)C1=NC(C)=NOC1.CS. The van der Waals surface area contributed by atoms with Crippen LogP contribution in [0.3, 0.4) is 0 Å². The van der Waals surface area contributed by atoms with Gasteiger partial charge in [0.25, 0.3) is 0 Å². The summed E-state index contributed by atoms with van der Waals surface area (Å²) in [4.78, 5) is 20.2. The Balaban J connectivity index is 0.000000663. The van der Waals surface area contributed by atoms with Crippen LogP contribution in [0.25, 0.3) is 0 Å². The topological polar surface area (TPSA) is 98.9 Å². The highest BCUT2D eigenvalue weighted by Gasteiger charge is 2.24. The third kappa shape index (κ3) is 10.8. The summed E-state index contributed by atoms with van der Waals surface area (Å²) in [7, 11) is 1.90. The van der Waals surface area contributed by atoms with Crippen LogP contribution in [0, 0.1) is 0 Å². The lowest BCUT2D eigenvalue weighted by Crippen LogP contribution is -2.35. The number of allylic oxidation sites excluding steroid dienone is 4. The number of carbonyl (C=O) groups is 1. The highest BCUT2D eigenvalue weighted by molar-refractivity contribution is 7.79. The Morgan fingerprint density at radius 3 is 2.58 bits per heavy atom. The van der Waals surface area contributed by atoms with E-state index in [1.54, 1.807) is 43.3 Å². The molecule has 33 heavy (non-hydrogen) atoms. The molecule has 0 saturated carbocycles. The Kier molecular flexibility index (Phi) is 14.2. The lowest BCUT2D eigenvalue weighted by Gasteiger charge is -2.28. The van der Waals surface area contributed by atoms with Crippen molar-refractivity contribution in [2.24, 2.45) is 15.2 Å². The standard InChI is InChI=1S/C16H22N2O2.C7H13N3O.CH4S/c1-6-12(2)18-13(3)10-14(11-19)8-7-9-15(17-18)16(4,5)20;1-5(8-3)7-4-11-10-6(2)9-7;1-2/h6-8,10-11,13,20H,1-2,9H2,3-5H3;5,8H,4H2,1-3H3;2H,1H3/b8-7-,14-10+,17-15+;;/t;5-;/m.1./s1. The molecule has 0 bridgehead atoms. The number of rotatable bonds is 6. The molecule has 0 amide bonds. The van der Waals surface area contributed by atoms with Gasteiger partial charge in [0.05, 0.1) is 28.8 Å². The zero-order valence-electron chi connectivity index (χ0n) is 20.9. The Bertz CT molecular complexity index is 822. The van der Waals surface area contributed by atoms with Gasteiger partial charge in [0.15, 0.2) is 12.4 Å². The molecule has 2 aliphatic rings. The highest BCUT2D eigenvalue weighted by atomic mass is 32.1. The minimum absolute atomic E-state index is 0.166. The zero-order chi connectivity index (χ0) is 25.6. The summed E-state index contributed by atoms with van der Waals surface area (Å²) in [6, 6.07) is 0.0984. The molecule has 0 aliphatic carbocycles. The predicted octanol–water partition coefficient (Wildman–Crippen LogP) is 3.53. The number of oxime groups is 1. The van der Waals surface area contributed by atoms with Crippen molar-refractivity contribution in [2.45, 2.75) is 58.7 Å². The summed E-state index contributed by atoms with van der Waals surface area (Å²) < 4.78 is 0. The van der Waals surface area contributed by atoms with Crippen LogP contribution in [0.15, 0.2) is 64.0 Å². The van der Waals surface area contributed by atoms with Crippen LogP contribution >= 0.6 is 12.6 Å². The van der Waals surface area contributed by atoms with Gasteiger partial charge in [0.1, 0.15) is 6.29 Å². The van der Waals surface area contributed by atoms with E-state index in [-0.39, 0.29) is 12.1 Å². The second kappa shape index (κ2) is 15.4. The fourth-order valence-corrected chi connectivity index (χ4v) is 2.68. The first-order chi connectivity index (χ1) is 15.5. The fourth-order valence-electron chi connectivity index (χ4n) is 2.68. The average molecular weight is 478 g/mol. The molecule has 9 heteroatoms. The molecule has 0 spiro atoms. The van der Waals surface area contributed by atoms with Crippen LogP contribution in [0.2, 0.25) is 0 Å². The minimum atomic E-state index is -1.05. The summed E-state index contributed by atoms with van der Waals surface area (Å²) in [5.41, 5.74) is 1.74. The Hall–Kier alpha value is -2.49. The number of aliphatic hydroxyl groups is 1. The Morgan fingerprint density at radius 1 is 1.45 bits per heavy atom. The Labute approximate surface area is 204 Å². The van der Waals surface area contributed by atoms with Crippen molar-refractivity contribution in [1.29, 1.82) is 0 Å². The second-order valence-corrected chi connectivity index (χ2v) is 7.80. The van der Waals surface area contributed by atoms with Crippen LogP contribution < -0.4 is 5.32 Å². The number of thiol groups is 1. The van der Waals surface area contributed by atoms with E-state index in [1.165, 1.54) is 0 Å². The van der Waals surface area contributed by atoms with Gasteiger partial charge in [-0.15, -0.1) is 0 Å². The van der Waals surface area contributed by atoms with E-state index < -0.39 is 5.60 Å². The summed E-state index contributed by atoms with van der Waals surface area (Å²) >= 11 is 3.53.